The van der Waals surface area contributed by atoms with E-state index in [0.29, 0.717) is 37.4 Å². The van der Waals surface area contributed by atoms with E-state index in [1.54, 1.807) is 30.0 Å². The fourth-order valence-corrected chi connectivity index (χ4v) is 10.9. The Labute approximate surface area is 394 Å². The first kappa shape index (κ1) is 48.5. The molecule has 15 nitrogen and oxygen atoms in total. The number of aromatic nitrogens is 2. The number of carboxylic acid groups (broad SMARTS) is 1. The largest absolute Gasteiger partial charge is 0.478 e. The average molecular weight is 972 g/mol. The normalized spacial score (nSPS) is 25.0. The minimum atomic E-state index is -4.76. The molecule has 69 heavy (non-hydrogen) atoms. The molecule has 10 rings (SSSR count). The molecule has 2 aromatic carbocycles. The van der Waals surface area contributed by atoms with E-state index < -0.39 is 76.4 Å². The fraction of sp³-hybridized carbons (Fsp3) is 0.583. The number of hydrogen-bond donors (Lipinski definition) is 2. The summed E-state index contributed by atoms with van der Waals surface area (Å²) in [5.41, 5.74) is -3.36. The number of carbonyl (C=O) groups is 5. The van der Waals surface area contributed by atoms with E-state index in [4.69, 9.17) is 9.47 Å². The molecule has 2 saturated carbocycles. The van der Waals surface area contributed by atoms with Gasteiger partial charge in [0.05, 0.1) is 60.8 Å². The van der Waals surface area contributed by atoms with Gasteiger partial charge >= 0.3 is 18.3 Å². The molecule has 5 saturated heterocycles. The van der Waals surface area contributed by atoms with E-state index in [9.17, 15) is 55.4 Å². The summed E-state index contributed by atoms with van der Waals surface area (Å²) in [6.07, 6.45) is -4.28. The van der Waals surface area contributed by atoms with E-state index in [1.165, 1.54) is 40.2 Å². The Morgan fingerprint density at radius 1 is 0.870 bits per heavy atom. The van der Waals surface area contributed by atoms with Gasteiger partial charge in [0.2, 0.25) is 17.7 Å². The van der Waals surface area contributed by atoms with Crippen LogP contribution in [-0.2, 0) is 43.1 Å². The molecule has 7 aliphatic rings. The maximum atomic E-state index is 14.9. The van der Waals surface area contributed by atoms with Crippen LogP contribution in [0.5, 0.6) is 0 Å². The van der Waals surface area contributed by atoms with Gasteiger partial charge in [0.15, 0.2) is 0 Å². The highest BCUT2D eigenvalue weighted by Crippen LogP contribution is 2.60. The monoisotopic (exact) mass is 971 g/mol. The number of piperazine rings is 1. The lowest BCUT2D eigenvalue weighted by atomic mass is 9.70. The number of aromatic carboxylic acids is 1. The van der Waals surface area contributed by atoms with Gasteiger partial charge in [0.25, 0.3) is 5.91 Å². The number of carbonyl (C=O) groups excluding carboxylic acids is 4. The number of carboxylic acids is 1. The summed E-state index contributed by atoms with van der Waals surface area (Å²) in [5, 5.41) is 16.9. The molecule has 3 atom stereocenters. The third-order valence-corrected chi connectivity index (χ3v) is 15.4. The fourth-order valence-electron chi connectivity index (χ4n) is 10.9. The standard InChI is InChI=1S/C48H55F6N7O8/c1-30(68-28-44-12-10-35(11-13-44)69-29-44)38(41(64)58-18-16-57(17-19-58)21-31-6-8-34(9-7-31)47(49,50)51)56-39(62)37-24-59(25-45(37)26-60(27-45)43(67)46(14-15-46)48(52,53)54)40(63)33-20-55-61(23-33)22-32-4-2-3-5-36(32)42(65)66/h2-9,20,23,30,35,37-38H,10-19,21-22,24-29H2,1H3,(H,56,62)(H,65,66)/t30-,35?,37+,38+,44?/m1/s1. The van der Waals surface area contributed by atoms with Crippen molar-refractivity contribution >= 4 is 29.6 Å². The van der Waals surface area contributed by atoms with Crippen LogP contribution in [0.25, 0.3) is 0 Å². The number of rotatable bonds is 14. The van der Waals surface area contributed by atoms with Gasteiger partial charge in [-0.15, -0.1) is 0 Å². The van der Waals surface area contributed by atoms with Gasteiger partial charge in [-0.25, -0.2) is 4.79 Å². The highest BCUT2D eigenvalue weighted by atomic mass is 19.4. The average Bonchev–Trinajstić information content (AvgIpc) is 3.87. The number of amides is 4. The molecule has 6 heterocycles. The van der Waals surface area contributed by atoms with Crippen molar-refractivity contribution in [1.29, 1.82) is 0 Å². The molecule has 4 amide bonds. The molecule has 7 fully saturated rings. The molecule has 2 N–H and O–H groups in total. The zero-order valence-electron chi connectivity index (χ0n) is 38.1. The summed E-state index contributed by atoms with van der Waals surface area (Å²) in [7, 11) is 0. The lowest BCUT2D eigenvalue weighted by molar-refractivity contribution is -0.205. The second-order valence-electron chi connectivity index (χ2n) is 20.0. The first-order chi connectivity index (χ1) is 32.7. The lowest BCUT2D eigenvalue weighted by Crippen LogP contribution is -2.67. The number of benzene rings is 2. The molecular weight excluding hydrogens is 917 g/mol. The van der Waals surface area contributed by atoms with Crippen molar-refractivity contribution in [2.75, 3.05) is 65.6 Å². The minimum absolute atomic E-state index is 0.0291. The van der Waals surface area contributed by atoms with Crippen LogP contribution in [0.15, 0.2) is 60.9 Å². The van der Waals surface area contributed by atoms with Gasteiger partial charge in [-0.1, -0.05) is 30.3 Å². The van der Waals surface area contributed by atoms with Crippen LogP contribution in [0.3, 0.4) is 0 Å². The topological polar surface area (TPSA) is 167 Å². The van der Waals surface area contributed by atoms with Crippen LogP contribution in [0.2, 0.25) is 0 Å². The molecule has 0 unspecified atom stereocenters. The first-order valence-electron chi connectivity index (χ1n) is 23.4. The smallest absolute Gasteiger partial charge is 0.416 e. The van der Waals surface area contributed by atoms with Gasteiger partial charge in [0, 0.05) is 75.9 Å². The SMILES string of the molecule is C[C@@H](OCC12CCC(CC1)OC2)[C@H](NC(=O)[C@@H]1CN(C(=O)c2cnn(Cc3ccccc3C(=O)O)c2)CC12CN(C(=O)C1(C(F)(F)F)CC1)C2)C(=O)N1CCN(Cc2ccc(C(F)(F)F)cc2)CC1. The molecule has 1 spiro atoms. The Hall–Kier alpha value is -5.54. The number of likely N-dealkylation sites (tertiary alicyclic amines) is 2. The molecule has 3 aromatic rings. The van der Waals surface area contributed by atoms with Crippen LogP contribution in [-0.4, -0.2) is 154 Å². The van der Waals surface area contributed by atoms with Gasteiger partial charge in [-0.3, -0.25) is 28.8 Å². The molecular formula is C48H55F6N7O8. The quantitative estimate of drug-likeness (QED) is 0.208. The van der Waals surface area contributed by atoms with E-state index in [0.717, 1.165) is 42.7 Å². The van der Waals surface area contributed by atoms with Crippen LogP contribution in [0, 0.1) is 22.2 Å². The van der Waals surface area contributed by atoms with Crippen molar-refractivity contribution in [3.63, 3.8) is 0 Å². The van der Waals surface area contributed by atoms with E-state index in [-0.39, 0.29) is 87.9 Å². The van der Waals surface area contributed by atoms with E-state index in [2.05, 4.69) is 10.4 Å². The Bertz CT molecular complexity index is 2420. The summed E-state index contributed by atoms with van der Waals surface area (Å²) < 4.78 is 95.9. The van der Waals surface area contributed by atoms with Crippen molar-refractivity contribution in [3.8, 4) is 0 Å². The number of fused-ring (bicyclic) bond motifs is 3. The predicted octanol–water partition coefficient (Wildman–Crippen LogP) is 5.09. The van der Waals surface area contributed by atoms with Gasteiger partial charge in [-0.2, -0.15) is 31.4 Å². The van der Waals surface area contributed by atoms with Gasteiger partial charge in [0.1, 0.15) is 11.5 Å². The predicted molar refractivity (Wildman–Crippen MR) is 232 cm³/mol. The number of nitrogens with zero attached hydrogens (tertiary/aromatic N) is 6. The van der Waals surface area contributed by atoms with Crippen molar-refractivity contribution < 1.29 is 64.9 Å². The maximum Gasteiger partial charge on any atom is 0.416 e. The highest BCUT2D eigenvalue weighted by Gasteiger charge is 2.72. The van der Waals surface area contributed by atoms with Crippen LogP contribution in [0.1, 0.15) is 82.9 Å². The van der Waals surface area contributed by atoms with Crippen LogP contribution in [0.4, 0.5) is 26.3 Å². The zero-order chi connectivity index (χ0) is 49.1. The number of alkyl halides is 6. The molecule has 1 aromatic heterocycles. The zero-order valence-corrected chi connectivity index (χ0v) is 38.1. The number of ether oxygens (including phenoxy) is 2. The molecule has 21 heteroatoms. The number of nitrogens with one attached hydrogen (secondary N) is 1. The van der Waals surface area contributed by atoms with E-state index in [1.807, 2.05) is 4.90 Å². The van der Waals surface area contributed by atoms with Crippen molar-refractivity contribution in [2.24, 2.45) is 22.2 Å². The third kappa shape index (κ3) is 9.70. The highest BCUT2D eigenvalue weighted by molar-refractivity contribution is 5.96. The summed E-state index contributed by atoms with van der Waals surface area (Å²) in [5.74, 6) is -4.88. The molecule has 2 bridgehead atoms. The lowest BCUT2D eigenvalue weighted by Gasteiger charge is -2.51. The molecule has 372 valence electrons. The third-order valence-electron chi connectivity index (χ3n) is 15.4. The van der Waals surface area contributed by atoms with Gasteiger partial charge in [-0.05, 0) is 74.8 Å². The first-order valence-corrected chi connectivity index (χ1v) is 23.4. The van der Waals surface area contributed by atoms with Crippen LogP contribution >= 0.6 is 0 Å². The van der Waals surface area contributed by atoms with Crippen molar-refractivity contribution in [2.45, 2.75) is 89.1 Å². The van der Waals surface area contributed by atoms with Gasteiger partial charge < -0.3 is 34.6 Å². The molecule has 0 radical (unpaired) electrons. The maximum absolute atomic E-state index is 14.9. The van der Waals surface area contributed by atoms with Crippen molar-refractivity contribution in [3.05, 3.63) is 88.7 Å². The Morgan fingerprint density at radius 2 is 1.54 bits per heavy atom. The van der Waals surface area contributed by atoms with Crippen LogP contribution < -0.4 is 5.32 Å². The second kappa shape index (κ2) is 18.3. The molecule has 2 aliphatic carbocycles. The number of halogens is 6. The minimum Gasteiger partial charge on any atom is -0.478 e. The number of hydrogen-bond acceptors (Lipinski definition) is 9. The Balaban J connectivity index is 0.930. The summed E-state index contributed by atoms with van der Waals surface area (Å²) >= 11 is 0. The Morgan fingerprint density at radius 3 is 2.14 bits per heavy atom. The summed E-state index contributed by atoms with van der Waals surface area (Å²) in [6, 6.07) is 10.0. The summed E-state index contributed by atoms with van der Waals surface area (Å²) in [6.45, 7) is 3.36. The summed E-state index contributed by atoms with van der Waals surface area (Å²) in [4.78, 5) is 75.1. The van der Waals surface area contributed by atoms with E-state index >= 15 is 0 Å². The Kier molecular flexibility index (Phi) is 12.9. The molecule has 5 aliphatic heterocycles. The second-order valence-corrected chi connectivity index (χ2v) is 20.0. The van der Waals surface area contributed by atoms with Crippen molar-refractivity contribution in [1.82, 2.24) is 34.7 Å².